The van der Waals surface area contributed by atoms with E-state index in [-0.39, 0.29) is 17.3 Å². The third-order valence-electron chi connectivity index (χ3n) is 6.78. The van der Waals surface area contributed by atoms with Crippen molar-refractivity contribution in [1.82, 2.24) is 5.32 Å². The maximum Gasteiger partial charge on any atom is 0.336 e. The number of hydrogen-bond donors (Lipinski definition) is 6. The van der Waals surface area contributed by atoms with Gasteiger partial charge in [-0.05, 0) is 49.9 Å². The molecule has 14 nitrogen and oxygen atoms in total. The summed E-state index contributed by atoms with van der Waals surface area (Å²) in [4.78, 5) is 60.6. The largest absolute Gasteiger partial charge is 0.492 e. The van der Waals surface area contributed by atoms with Crippen LogP contribution >= 0.6 is 0 Å². The molecule has 2 aliphatic heterocycles. The normalized spacial score (nSPS) is 13.8. The predicted octanol–water partition coefficient (Wildman–Crippen LogP) is 1.90. The maximum absolute atomic E-state index is 13.2. The van der Waals surface area contributed by atoms with Crippen molar-refractivity contribution >= 4 is 46.7 Å². The van der Waals surface area contributed by atoms with Crippen LogP contribution in [0.5, 0.6) is 5.75 Å². The number of carbonyl (C=O) groups is 5. The van der Waals surface area contributed by atoms with Gasteiger partial charge in [-0.15, -0.1) is 0 Å². The average Bonchev–Trinajstić information content (AvgIpc) is 3.28. The molecular weight excluding hydrogens is 576 g/mol. The van der Waals surface area contributed by atoms with E-state index < -0.39 is 36.4 Å². The molecule has 0 saturated carbocycles. The van der Waals surface area contributed by atoms with Gasteiger partial charge in [0.05, 0.1) is 24.2 Å². The third kappa shape index (κ3) is 8.11. The number of ether oxygens (including phenoxy) is 1. The number of fused-ring (bicyclic) bond motifs is 3. The number of nitrogens with zero attached hydrogens (tertiary/aromatic N) is 2. The van der Waals surface area contributed by atoms with Crippen LogP contribution in [0.4, 0.5) is 17.1 Å². The number of carboxylic acid groups (broad SMARTS) is 3. The molecule has 2 aromatic carbocycles. The van der Waals surface area contributed by atoms with Crippen LogP contribution in [0.3, 0.4) is 0 Å². The summed E-state index contributed by atoms with van der Waals surface area (Å²) in [6.07, 6.45) is -1.97. The fraction of sp³-hybridized carbons (Fsp3) is 0.367. The zero-order valence-corrected chi connectivity index (χ0v) is 24.4. The van der Waals surface area contributed by atoms with Gasteiger partial charge in [0, 0.05) is 31.7 Å². The molecule has 236 valence electrons. The first-order valence-corrected chi connectivity index (χ1v) is 14.0. The Morgan fingerprint density at radius 2 is 1.55 bits per heavy atom. The number of para-hydroxylation sites is 2. The summed E-state index contributed by atoms with van der Waals surface area (Å²) in [5, 5.41) is 39.9. The first kappa shape index (κ1) is 33.6. The molecule has 0 unspecified atom stereocenters. The Kier molecular flexibility index (Phi) is 11.4. The minimum Gasteiger partial charge on any atom is -0.492 e. The van der Waals surface area contributed by atoms with Gasteiger partial charge in [0.15, 0.2) is 11.4 Å². The van der Waals surface area contributed by atoms with E-state index in [9.17, 15) is 24.0 Å². The highest BCUT2D eigenvalue weighted by Gasteiger charge is 2.41. The molecule has 2 heterocycles. The van der Waals surface area contributed by atoms with E-state index in [0.29, 0.717) is 37.6 Å². The van der Waals surface area contributed by atoms with Gasteiger partial charge >= 0.3 is 17.9 Å². The lowest BCUT2D eigenvalue weighted by Crippen LogP contribution is -2.42. The van der Waals surface area contributed by atoms with Crippen LogP contribution in [0.25, 0.3) is 0 Å². The Morgan fingerprint density at radius 1 is 0.932 bits per heavy atom. The van der Waals surface area contributed by atoms with Crippen LogP contribution in [0, 0.1) is 0 Å². The highest BCUT2D eigenvalue weighted by atomic mass is 16.5. The molecule has 0 aliphatic carbocycles. The van der Waals surface area contributed by atoms with E-state index in [1.54, 1.807) is 12.1 Å². The summed E-state index contributed by atoms with van der Waals surface area (Å²) in [5.41, 5.74) is 0.170. The maximum atomic E-state index is 13.2. The fourth-order valence-electron chi connectivity index (χ4n) is 4.76. The van der Waals surface area contributed by atoms with Crippen molar-refractivity contribution in [3.8, 4) is 5.75 Å². The summed E-state index contributed by atoms with van der Waals surface area (Å²) in [6, 6.07) is 15.2. The number of Topliss-reactive ketones (excluding diaryl/α,β-unsaturated/α-hetero) is 1. The number of likely N-dealkylation sites (N-methyl/N-ethyl adjacent to an activating group) is 1. The molecule has 0 fully saturated rings. The number of rotatable bonds is 13. The van der Waals surface area contributed by atoms with Crippen LogP contribution in [0.15, 0.2) is 59.9 Å². The molecule has 4 rings (SSSR count). The van der Waals surface area contributed by atoms with Gasteiger partial charge in [-0.1, -0.05) is 19.1 Å². The Morgan fingerprint density at radius 3 is 2.09 bits per heavy atom. The minimum absolute atomic E-state index is 0.126. The van der Waals surface area contributed by atoms with Crippen LogP contribution in [-0.4, -0.2) is 88.4 Å². The Bertz CT molecular complexity index is 1390. The van der Waals surface area contributed by atoms with E-state index in [1.807, 2.05) is 55.1 Å². The first-order chi connectivity index (χ1) is 20.9. The first-order valence-electron chi connectivity index (χ1n) is 14.0. The zero-order chi connectivity index (χ0) is 32.4. The summed E-state index contributed by atoms with van der Waals surface area (Å²) < 4.78 is 5.67. The second-order valence-corrected chi connectivity index (χ2v) is 9.91. The topological polar surface area (TPSA) is 206 Å². The van der Waals surface area contributed by atoms with Crippen LogP contribution in [0.2, 0.25) is 0 Å². The highest BCUT2D eigenvalue weighted by Crippen LogP contribution is 2.44. The lowest BCUT2D eigenvalue weighted by molar-refractivity contribution is -0.170. The van der Waals surface area contributed by atoms with Crippen LogP contribution in [0.1, 0.15) is 33.1 Å². The summed E-state index contributed by atoms with van der Waals surface area (Å²) in [6.45, 7) is 7.59. The van der Waals surface area contributed by atoms with Gasteiger partial charge < -0.3 is 45.6 Å². The molecule has 0 aromatic heterocycles. The fourth-order valence-corrected chi connectivity index (χ4v) is 4.76. The van der Waals surface area contributed by atoms with Crippen molar-refractivity contribution in [3.63, 3.8) is 0 Å². The summed E-state index contributed by atoms with van der Waals surface area (Å²) >= 11 is 0. The third-order valence-corrected chi connectivity index (χ3v) is 6.78. The highest BCUT2D eigenvalue weighted by molar-refractivity contribution is 6.25. The van der Waals surface area contributed by atoms with E-state index in [0.717, 1.165) is 30.2 Å². The summed E-state index contributed by atoms with van der Waals surface area (Å²) in [5.74, 6) is -4.10. The van der Waals surface area contributed by atoms with Gasteiger partial charge in [0.25, 0.3) is 5.91 Å². The molecule has 2 aromatic rings. The van der Waals surface area contributed by atoms with Crippen molar-refractivity contribution in [2.45, 2.75) is 38.7 Å². The van der Waals surface area contributed by atoms with Gasteiger partial charge in [0.2, 0.25) is 0 Å². The lowest BCUT2D eigenvalue weighted by atomic mass is 9.96. The van der Waals surface area contributed by atoms with Crippen molar-refractivity contribution in [2.75, 3.05) is 47.9 Å². The number of carboxylic acids is 3. The smallest absolute Gasteiger partial charge is 0.336 e. The van der Waals surface area contributed by atoms with Crippen molar-refractivity contribution in [2.24, 2.45) is 0 Å². The summed E-state index contributed by atoms with van der Waals surface area (Å²) in [7, 11) is 0. The SMILES string of the molecule is CCNCCOc1ccc(NC(=O)C2=C3N(CC)c4ccccc4N3CCC2=O)cc1.O=C(O)CC(O)(CC(=O)O)C(=O)O. The number of aliphatic hydroxyl groups is 1. The molecule has 1 amide bonds. The second-order valence-electron chi connectivity index (χ2n) is 9.91. The Labute approximate surface area is 253 Å². The molecule has 0 radical (unpaired) electrons. The molecular formula is C30H36N4O10. The van der Waals surface area contributed by atoms with Crippen molar-refractivity contribution in [3.05, 3.63) is 59.9 Å². The van der Waals surface area contributed by atoms with Gasteiger partial charge in [-0.3, -0.25) is 19.2 Å². The van der Waals surface area contributed by atoms with Crippen LogP contribution in [-0.2, 0) is 24.0 Å². The van der Waals surface area contributed by atoms with Gasteiger partial charge in [-0.2, -0.15) is 0 Å². The van der Waals surface area contributed by atoms with E-state index in [2.05, 4.69) is 15.5 Å². The molecule has 2 aliphatic rings. The predicted molar refractivity (Wildman–Crippen MR) is 160 cm³/mol. The minimum atomic E-state index is -2.74. The molecule has 0 spiro atoms. The number of aliphatic carboxylic acids is 3. The number of benzene rings is 2. The molecule has 14 heteroatoms. The second kappa shape index (κ2) is 15.0. The standard InChI is InChI=1S/C24H28N4O3.C6H8O7/c1-3-25-14-16-31-18-11-9-17(10-12-18)26-23(30)22-21(29)13-15-28-20-8-6-5-7-19(20)27(4-2)24(22)28;7-3(8)1-6(13,5(11)12)2-4(9)10/h5-12,25H,3-4,13-16H2,1-2H3,(H,26,30);13H,1-2H2,(H,7,8)(H,9,10)(H,11,12). The van der Waals surface area contributed by atoms with E-state index in [1.165, 1.54) is 0 Å². The molecule has 6 N–H and O–H groups in total. The number of anilines is 3. The zero-order valence-electron chi connectivity index (χ0n) is 24.4. The molecule has 44 heavy (non-hydrogen) atoms. The number of amides is 1. The van der Waals surface area contributed by atoms with E-state index >= 15 is 0 Å². The monoisotopic (exact) mass is 612 g/mol. The van der Waals surface area contributed by atoms with Crippen LogP contribution < -0.4 is 25.2 Å². The molecule has 0 saturated heterocycles. The Balaban J connectivity index is 0.000000345. The number of carbonyl (C=O) groups excluding carboxylic acids is 2. The quantitative estimate of drug-likeness (QED) is 0.141. The number of ketones is 1. The average molecular weight is 613 g/mol. The van der Waals surface area contributed by atoms with Gasteiger partial charge in [-0.25, -0.2) is 4.79 Å². The van der Waals surface area contributed by atoms with Crippen molar-refractivity contribution < 1.29 is 49.1 Å². The molecule has 0 bridgehead atoms. The van der Waals surface area contributed by atoms with Gasteiger partial charge in [0.1, 0.15) is 23.8 Å². The number of hydrogen-bond acceptors (Lipinski definition) is 10. The Hall–Kier alpha value is -4.95. The lowest BCUT2D eigenvalue weighted by Gasteiger charge is -2.30. The van der Waals surface area contributed by atoms with E-state index in [4.69, 9.17) is 25.2 Å². The number of nitrogens with one attached hydrogen (secondary N) is 2. The van der Waals surface area contributed by atoms with Crippen molar-refractivity contribution in [1.29, 1.82) is 0 Å². The molecule has 0 atom stereocenters.